The Morgan fingerprint density at radius 3 is 2.76 bits per heavy atom. The molecule has 1 aliphatic heterocycles. The summed E-state index contributed by atoms with van der Waals surface area (Å²) >= 11 is 0. The molecule has 1 saturated heterocycles. The van der Waals surface area contributed by atoms with Crippen molar-refractivity contribution in [3.8, 4) is 0 Å². The van der Waals surface area contributed by atoms with Gasteiger partial charge in [0.25, 0.3) is 0 Å². The van der Waals surface area contributed by atoms with E-state index in [1.165, 1.54) is 0 Å². The molecule has 0 saturated carbocycles. The fourth-order valence-corrected chi connectivity index (χ4v) is 2.95. The molecule has 1 amide bonds. The molecule has 2 rings (SSSR count). The number of ether oxygens (including phenoxy) is 1. The van der Waals surface area contributed by atoms with Crippen LogP contribution in [0.3, 0.4) is 0 Å². The molecule has 1 aliphatic rings. The summed E-state index contributed by atoms with van der Waals surface area (Å²) in [5.41, 5.74) is 0.541. The maximum Gasteiger partial charge on any atom is 0.231 e. The van der Waals surface area contributed by atoms with Crippen molar-refractivity contribution in [2.24, 2.45) is 5.41 Å². The van der Waals surface area contributed by atoms with Crippen LogP contribution in [0.2, 0.25) is 0 Å². The van der Waals surface area contributed by atoms with Crippen molar-refractivity contribution in [1.29, 1.82) is 0 Å². The molecule has 0 spiro atoms. The third-order valence-electron chi connectivity index (χ3n) is 4.18. The van der Waals surface area contributed by atoms with E-state index in [4.69, 9.17) is 4.74 Å². The molecule has 1 N–H and O–H groups in total. The van der Waals surface area contributed by atoms with Gasteiger partial charge in [-0.2, -0.15) is 0 Å². The van der Waals surface area contributed by atoms with Crippen molar-refractivity contribution >= 4 is 5.91 Å². The number of piperidine rings is 1. The number of aromatic nitrogens is 1. The second kappa shape index (κ2) is 7.52. The second-order valence-electron chi connectivity index (χ2n) is 5.60. The molecule has 21 heavy (non-hydrogen) atoms. The van der Waals surface area contributed by atoms with Gasteiger partial charge in [0, 0.05) is 19.9 Å². The molecule has 116 valence electrons. The maximum atomic E-state index is 13.0. The van der Waals surface area contributed by atoms with E-state index in [0.29, 0.717) is 19.7 Å². The Morgan fingerprint density at radius 1 is 1.43 bits per heavy atom. The number of carbonyl (C=O) groups excluding carboxylic acids is 1. The van der Waals surface area contributed by atoms with E-state index in [0.717, 1.165) is 31.6 Å². The summed E-state index contributed by atoms with van der Waals surface area (Å²) in [7, 11) is 1.67. The van der Waals surface area contributed by atoms with Crippen LogP contribution in [-0.4, -0.2) is 49.1 Å². The van der Waals surface area contributed by atoms with Gasteiger partial charge in [-0.1, -0.05) is 6.07 Å². The lowest BCUT2D eigenvalue weighted by Crippen LogP contribution is -2.51. The van der Waals surface area contributed by atoms with Crippen LogP contribution in [0.25, 0.3) is 0 Å². The Morgan fingerprint density at radius 2 is 2.19 bits per heavy atom. The smallest absolute Gasteiger partial charge is 0.231 e. The Bertz CT molecular complexity index is 439. The van der Waals surface area contributed by atoms with Crippen LogP contribution >= 0.6 is 0 Å². The molecule has 0 unspecified atom stereocenters. The zero-order valence-electron chi connectivity index (χ0n) is 13.0. The SMILES string of the molecule is CCN(Cc1ccccn1)C(=O)C1(COC)CCNCC1. The standard InChI is InChI=1S/C16H25N3O2/c1-3-19(12-14-6-4-5-9-18-14)15(20)16(13-21-2)7-10-17-11-8-16/h4-6,9,17H,3,7-8,10-13H2,1-2H3. The summed E-state index contributed by atoms with van der Waals surface area (Å²) in [4.78, 5) is 19.3. The summed E-state index contributed by atoms with van der Waals surface area (Å²) in [6.07, 6.45) is 3.43. The van der Waals surface area contributed by atoms with E-state index in [2.05, 4.69) is 10.3 Å². The topological polar surface area (TPSA) is 54.5 Å². The van der Waals surface area contributed by atoms with Crippen LogP contribution < -0.4 is 5.32 Å². The molecule has 1 fully saturated rings. The first-order valence-electron chi connectivity index (χ1n) is 7.61. The fourth-order valence-electron chi connectivity index (χ4n) is 2.95. The van der Waals surface area contributed by atoms with Crippen LogP contribution in [0.5, 0.6) is 0 Å². The zero-order valence-corrected chi connectivity index (χ0v) is 13.0. The van der Waals surface area contributed by atoms with Gasteiger partial charge in [-0.3, -0.25) is 9.78 Å². The third kappa shape index (κ3) is 3.80. The number of amides is 1. The fraction of sp³-hybridized carbons (Fsp3) is 0.625. The van der Waals surface area contributed by atoms with E-state index in [9.17, 15) is 4.79 Å². The van der Waals surface area contributed by atoms with E-state index >= 15 is 0 Å². The van der Waals surface area contributed by atoms with Gasteiger partial charge in [0.05, 0.1) is 24.3 Å². The van der Waals surface area contributed by atoms with Gasteiger partial charge in [-0.05, 0) is 45.0 Å². The highest BCUT2D eigenvalue weighted by atomic mass is 16.5. The number of nitrogens with zero attached hydrogens (tertiary/aromatic N) is 2. The van der Waals surface area contributed by atoms with Gasteiger partial charge >= 0.3 is 0 Å². The Labute approximate surface area is 126 Å². The first kappa shape index (κ1) is 15.9. The van der Waals surface area contributed by atoms with Crippen molar-refractivity contribution in [3.63, 3.8) is 0 Å². The van der Waals surface area contributed by atoms with Gasteiger partial charge in [0.2, 0.25) is 5.91 Å². The van der Waals surface area contributed by atoms with E-state index in [1.807, 2.05) is 30.0 Å². The number of hydrogen-bond donors (Lipinski definition) is 1. The second-order valence-corrected chi connectivity index (χ2v) is 5.60. The monoisotopic (exact) mass is 291 g/mol. The van der Waals surface area contributed by atoms with Crippen molar-refractivity contribution < 1.29 is 9.53 Å². The predicted molar refractivity (Wildman–Crippen MR) is 81.7 cm³/mol. The first-order chi connectivity index (χ1) is 10.2. The van der Waals surface area contributed by atoms with Crippen molar-refractivity contribution in [2.75, 3.05) is 33.4 Å². The molecule has 0 bridgehead atoms. The summed E-state index contributed by atoms with van der Waals surface area (Å²) < 4.78 is 5.36. The largest absolute Gasteiger partial charge is 0.384 e. The number of hydrogen-bond acceptors (Lipinski definition) is 4. The molecular weight excluding hydrogens is 266 g/mol. The molecule has 0 atom stereocenters. The average molecular weight is 291 g/mol. The average Bonchev–Trinajstić information content (AvgIpc) is 2.54. The van der Waals surface area contributed by atoms with Crippen molar-refractivity contribution in [3.05, 3.63) is 30.1 Å². The van der Waals surface area contributed by atoms with E-state index in [1.54, 1.807) is 13.3 Å². The van der Waals surface area contributed by atoms with Crippen molar-refractivity contribution in [2.45, 2.75) is 26.3 Å². The molecule has 2 heterocycles. The van der Waals surface area contributed by atoms with Crippen LogP contribution in [0.1, 0.15) is 25.5 Å². The third-order valence-corrected chi connectivity index (χ3v) is 4.18. The van der Waals surface area contributed by atoms with Crippen LogP contribution in [-0.2, 0) is 16.1 Å². The van der Waals surface area contributed by atoms with Gasteiger partial charge in [-0.15, -0.1) is 0 Å². The summed E-state index contributed by atoms with van der Waals surface area (Å²) in [5, 5.41) is 3.32. The Balaban J connectivity index is 2.13. The molecule has 0 radical (unpaired) electrons. The highest BCUT2D eigenvalue weighted by molar-refractivity contribution is 5.83. The molecule has 1 aromatic heterocycles. The van der Waals surface area contributed by atoms with E-state index in [-0.39, 0.29) is 11.3 Å². The van der Waals surface area contributed by atoms with Crippen LogP contribution in [0.15, 0.2) is 24.4 Å². The molecule has 0 aromatic carbocycles. The van der Waals surface area contributed by atoms with Gasteiger partial charge in [0.15, 0.2) is 0 Å². The normalized spacial score (nSPS) is 17.4. The minimum absolute atomic E-state index is 0.194. The highest BCUT2D eigenvalue weighted by Crippen LogP contribution is 2.32. The first-order valence-corrected chi connectivity index (χ1v) is 7.61. The quantitative estimate of drug-likeness (QED) is 0.862. The lowest BCUT2D eigenvalue weighted by Gasteiger charge is -2.39. The van der Waals surface area contributed by atoms with Gasteiger partial charge in [-0.25, -0.2) is 0 Å². The van der Waals surface area contributed by atoms with Crippen LogP contribution in [0.4, 0.5) is 0 Å². The van der Waals surface area contributed by atoms with Gasteiger partial charge < -0.3 is 15.0 Å². The lowest BCUT2D eigenvalue weighted by molar-refractivity contribution is -0.148. The molecule has 5 heteroatoms. The number of pyridine rings is 1. The predicted octanol–water partition coefficient (Wildman–Crippen LogP) is 1.45. The number of carbonyl (C=O) groups is 1. The Hall–Kier alpha value is -1.46. The minimum Gasteiger partial charge on any atom is -0.384 e. The molecule has 1 aromatic rings. The summed E-state index contributed by atoms with van der Waals surface area (Å²) in [5.74, 6) is 0.194. The lowest BCUT2D eigenvalue weighted by atomic mass is 9.78. The number of methoxy groups -OCH3 is 1. The van der Waals surface area contributed by atoms with E-state index < -0.39 is 0 Å². The van der Waals surface area contributed by atoms with Gasteiger partial charge in [0.1, 0.15) is 0 Å². The summed E-state index contributed by atoms with van der Waals surface area (Å²) in [6, 6.07) is 5.80. The number of nitrogens with one attached hydrogen (secondary N) is 1. The zero-order chi connectivity index (χ0) is 15.1. The molecule has 5 nitrogen and oxygen atoms in total. The highest BCUT2D eigenvalue weighted by Gasteiger charge is 2.41. The van der Waals surface area contributed by atoms with Crippen molar-refractivity contribution in [1.82, 2.24) is 15.2 Å². The molecule has 0 aliphatic carbocycles. The maximum absolute atomic E-state index is 13.0. The Kier molecular flexibility index (Phi) is 5.70. The minimum atomic E-state index is -0.384. The number of rotatable bonds is 6. The van der Waals surface area contributed by atoms with Crippen LogP contribution in [0, 0.1) is 5.41 Å². The molecular formula is C16H25N3O2. The summed E-state index contributed by atoms with van der Waals surface area (Å²) in [6.45, 7) is 5.50.